The number of nitrogens with two attached hydrogens (primary N) is 2. The minimum atomic E-state index is -4.38. The average molecular weight is 435 g/mol. The van der Waals surface area contributed by atoms with E-state index in [0.29, 0.717) is 37.6 Å². The molecule has 0 bridgehead atoms. The molecule has 8 nitrogen and oxygen atoms in total. The first kappa shape index (κ1) is 22.5. The van der Waals surface area contributed by atoms with Gasteiger partial charge in [0.2, 0.25) is 0 Å². The highest BCUT2D eigenvalue weighted by Crippen LogP contribution is 2.32. The van der Waals surface area contributed by atoms with E-state index in [-0.39, 0.29) is 24.0 Å². The van der Waals surface area contributed by atoms with E-state index in [1.54, 1.807) is 0 Å². The number of hydrogen-bond acceptors (Lipinski definition) is 8. The summed E-state index contributed by atoms with van der Waals surface area (Å²) < 4.78 is 38.5. The van der Waals surface area contributed by atoms with Crippen molar-refractivity contribution in [1.29, 1.82) is 5.41 Å². The lowest BCUT2D eigenvalue weighted by Gasteiger charge is -2.40. The third-order valence-electron chi connectivity index (χ3n) is 5.34. The van der Waals surface area contributed by atoms with E-state index in [4.69, 9.17) is 16.9 Å². The molecule has 1 atom stereocenters. The van der Waals surface area contributed by atoms with E-state index in [0.717, 1.165) is 30.2 Å². The number of aliphatic hydroxyl groups is 1. The molecule has 0 amide bonds. The summed E-state index contributed by atoms with van der Waals surface area (Å²) in [6, 6.07) is 4.87. The second-order valence-electron chi connectivity index (χ2n) is 7.08. The largest absolute Gasteiger partial charge is 0.515 e. The number of alkyl halides is 3. The lowest BCUT2D eigenvalue weighted by molar-refractivity contribution is -0.137. The van der Waals surface area contributed by atoms with E-state index < -0.39 is 11.7 Å². The number of hydrogen-bond donors (Lipinski definition) is 4. The fourth-order valence-electron chi connectivity index (χ4n) is 3.72. The maximum atomic E-state index is 12.8. The molecule has 2 aromatic rings. The zero-order valence-corrected chi connectivity index (χ0v) is 16.7. The van der Waals surface area contributed by atoms with Crippen molar-refractivity contribution in [1.82, 2.24) is 14.9 Å². The van der Waals surface area contributed by atoms with E-state index in [2.05, 4.69) is 14.9 Å². The molecule has 1 aliphatic heterocycles. The third kappa shape index (κ3) is 4.78. The SMILES string of the molecule is N=C/C(=C\O)c1c(N)ncnc1N1CCN(C(CN)c2ccc(C(F)(F)F)cc2)CC1. The molecule has 1 unspecified atom stereocenters. The summed E-state index contributed by atoms with van der Waals surface area (Å²) in [7, 11) is 0. The maximum absolute atomic E-state index is 12.8. The minimum absolute atomic E-state index is 0.154. The van der Waals surface area contributed by atoms with Gasteiger partial charge in [0.05, 0.1) is 17.4 Å². The van der Waals surface area contributed by atoms with Crippen LogP contribution in [0.15, 0.2) is 36.9 Å². The van der Waals surface area contributed by atoms with E-state index in [1.807, 2.05) is 4.90 Å². The topological polar surface area (TPSA) is 128 Å². The predicted molar refractivity (Wildman–Crippen MR) is 113 cm³/mol. The second kappa shape index (κ2) is 9.31. The van der Waals surface area contributed by atoms with Crippen LogP contribution in [0.25, 0.3) is 5.57 Å². The van der Waals surface area contributed by atoms with Gasteiger partial charge in [-0.25, -0.2) is 9.97 Å². The maximum Gasteiger partial charge on any atom is 0.416 e. The monoisotopic (exact) mass is 435 g/mol. The zero-order chi connectivity index (χ0) is 22.6. The van der Waals surface area contributed by atoms with Gasteiger partial charge < -0.3 is 26.9 Å². The molecule has 0 aliphatic carbocycles. The summed E-state index contributed by atoms with van der Waals surface area (Å²) in [6.45, 7) is 2.56. The number of benzene rings is 1. The van der Waals surface area contributed by atoms with Crippen molar-refractivity contribution in [2.24, 2.45) is 5.73 Å². The van der Waals surface area contributed by atoms with Crippen molar-refractivity contribution < 1.29 is 18.3 Å². The number of aromatic nitrogens is 2. The van der Waals surface area contributed by atoms with Gasteiger partial charge in [0.25, 0.3) is 0 Å². The highest BCUT2D eigenvalue weighted by Gasteiger charge is 2.31. The van der Waals surface area contributed by atoms with Crippen molar-refractivity contribution in [3.8, 4) is 0 Å². The molecule has 1 fully saturated rings. The van der Waals surface area contributed by atoms with Gasteiger partial charge in [0.1, 0.15) is 18.0 Å². The molecule has 1 aromatic carbocycles. The molecular weight excluding hydrogens is 411 g/mol. The number of rotatable bonds is 6. The van der Waals surface area contributed by atoms with Crippen LogP contribution >= 0.6 is 0 Å². The predicted octanol–water partition coefficient (Wildman–Crippen LogP) is 2.45. The Morgan fingerprint density at radius 3 is 2.32 bits per heavy atom. The molecule has 1 aliphatic rings. The van der Waals surface area contributed by atoms with Crippen LogP contribution in [0.1, 0.15) is 22.7 Å². The normalized spacial score (nSPS) is 16.9. The Balaban J connectivity index is 1.76. The standard InChI is InChI=1S/C20H24F3N7O/c21-20(22,23)15-3-1-13(2-4-15)16(10-25)29-5-7-30(8-6-29)19-17(14(9-24)11-31)18(26)27-12-28-19/h1-4,9,11-12,16,24,31H,5-8,10,25H2,(H2,26,27,28)/b14-11+,24-9?. The molecule has 0 spiro atoms. The van der Waals surface area contributed by atoms with Gasteiger partial charge in [0, 0.05) is 50.6 Å². The number of nitrogens with one attached hydrogen (secondary N) is 1. The molecule has 1 saturated heterocycles. The molecule has 11 heteroatoms. The fraction of sp³-hybridized carbons (Fsp3) is 0.350. The molecule has 1 aromatic heterocycles. The lowest BCUT2D eigenvalue weighted by atomic mass is 10.0. The van der Waals surface area contributed by atoms with Crippen molar-refractivity contribution in [3.63, 3.8) is 0 Å². The smallest absolute Gasteiger partial charge is 0.416 e. The van der Waals surface area contributed by atoms with Gasteiger partial charge in [-0.3, -0.25) is 4.90 Å². The summed E-state index contributed by atoms with van der Waals surface area (Å²) in [5.41, 5.74) is 12.5. The molecule has 3 rings (SSSR count). The van der Waals surface area contributed by atoms with Crippen LogP contribution in [0, 0.1) is 5.41 Å². The molecule has 166 valence electrons. The Labute approximate surface area is 177 Å². The van der Waals surface area contributed by atoms with Crippen LogP contribution in [0.4, 0.5) is 24.8 Å². The van der Waals surface area contributed by atoms with Crippen LogP contribution in [-0.4, -0.2) is 58.9 Å². The number of piperazine rings is 1. The number of halogens is 3. The number of nitrogens with zero attached hydrogens (tertiary/aromatic N) is 4. The molecule has 31 heavy (non-hydrogen) atoms. The molecule has 0 saturated carbocycles. The van der Waals surface area contributed by atoms with Crippen LogP contribution in [-0.2, 0) is 6.18 Å². The third-order valence-corrected chi connectivity index (χ3v) is 5.34. The van der Waals surface area contributed by atoms with Crippen molar-refractivity contribution in [2.75, 3.05) is 43.4 Å². The number of aliphatic hydroxyl groups excluding tert-OH is 1. The number of nitrogen functional groups attached to an aromatic ring is 1. The van der Waals surface area contributed by atoms with Gasteiger partial charge in [0.15, 0.2) is 0 Å². The van der Waals surface area contributed by atoms with Gasteiger partial charge in [-0.05, 0) is 17.7 Å². The summed E-state index contributed by atoms with van der Waals surface area (Å²) in [5, 5.41) is 16.9. The first-order chi connectivity index (χ1) is 14.8. The van der Waals surface area contributed by atoms with Gasteiger partial charge in [-0.1, -0.05) is 12.1 Å². The molecule has 2 heterocycles. The first-order valence-corrected chi connectivity index (χ1v) is 9.62. The minimum Gasteiger partial charge on any atom is -0.515 e. The van der Waals surface area contributed by atoms with Gasteiger partial charge in [-0.15, -0.1) is 0 Å². The Bertz CT molecular complexity index is 939. The van der Waals surface area contributed by atoms with Crippen LogP contribution < -0.4 is 16.4 Å². The van der Waals surface area contributed by atoms with Crippen molar-refractivity contribution in [3.05, 3.63) is 53.5 Å². The van der Waals surface area contributed by atoms with E-state index in [1.165, 1.54) is 18.5 Å². The number of allylic oxidation sites excluding steroid dienone is 1. The van der Waals surface area contributed by atoms with Crippen molar-refractivity contribution in [2.45, 2.75) is 12.2 Å². The Kier molecular flexibility index (Phi) is 6.76. The lowest BCUT2D eigenvalue weighted by Crippen LogP contribution is -2.49. The fourth-order valence-corrected chi connectivity index (χ4v) is 3.72. The summed E-state index contributed by atoms with van der Waals surface area (Å²) >= 11 is 0. The Hall–Kier alpha value is -3.18. The van der Waals surface area contributed by atoms with Gasteiger partial charge >= 0.3 is 6.18 Å². The molecular formula is C20H24F3N7O. The van der Waals surface area contributed by atoms with Gasteiger partial charge in [-0.2, -0.15) is 13.2 Å². The summed E-state index contributed by atoms with van der Waals surface area (Å²) in [5.74, 6) is 0.663. The van der Waals surface area contributed by atoms with Crippen molar-refractivity contribution >= 4 is 23.4 Å². The highest BCUT2D eigenvalue weighted by atomic mass is 19.4. The Morgan fingerprint density at radius 1 is 1.16 bits per heavy atom. The average Bonchev–Trinajstić information content (AvgIpc) is 2.76. The van der Waals surface area contributed by atoms with E-state index >= 15 is 0 Å². The first-order valence-electron chi connectivity index (χ1n) is 9.62. The highest BCUT2D eigenvalue weighted by molar-refractivity contribution is 6.11. The van der Waals surface area contributed by atoms with Crippen LogP contribution in [0.2, 0.25) is 0 Å². The van der Waals surface area contributed by atoms with E-state index in [9.17, 15) is 18.3 Å². The summed E-state index contributed by atoms with van der Waals surface area (Å²) in [4.78, 5) is 12.3. The molecule has 0 radical (unpaired) electrons. The Morgan fingerprint density at radius 2 is 1.81 bits per heavy atom. The second-order valence-corrected chi connectivity index (χ2v) is 7.08. The summed E-state index contributed by atoms with van der Waals surface area (Å²) in [6.07, 6.45) is -1.29. The van der Waals surface area contributed by atoms with Crippen LogP contribution in [0.3, 0.4) is 0 Å². The zero-order valence-electron chi connectivity index (χ0n) is 16.7. The van der Waals surface area contributed by atoms with Crippen LogP contribution in [0.5, 0.6) is 0 Å². The molecule has 6 N–H and O–H groups in total. The number of anilines is 2. The quantitative estimate of drug-likeness (QED) is 0.405.